The van der Waals surface area contributed by atoms with E-state index in [1.54, 1.807) is 12.1 Å². The molecule has 94 valence electrons. The van der Waals surface area contributed by atoms with Crippen molar-refractivity contribution in [3.05, 3.63) is 29.6 Å². The molecule has 0 spiro atoms. The minimum absolute atomic E-state index is 0.159. The number of alkyl halides is 1. The lowest BCUT2D eigenvalue weighted by atomic mass is 10.1. The van der Waals surface area contributed by atoms with Crippen LogP contribution >= 0.6 is 22.6 Å². The zero-order valence-electron chi connectivity index (χ0n) is 9.72. The highest BCUT2D eigenvalue weighted by Gasteiger charge is 2.22. The average molecular weight is 349 g/mol. The SMILES string of the molecule is Fc1ccc2c(c1)CC(CNCCCCI)O2. The molecular weight excluding hydrogens is 332 g/mol. The summed E-state index contributed by atoms with van der Waals surface area (Å²) in [4.78, 5) is 0. The average Bonchev–Trinajstić information content (AvgIpc) is 2.70. The van der Waals surface area contributed by atoms with Crippen molar-refractivity contribution in [2.24, 2.45) is 0 Å². The number of benzene rings is 1. The number of halogens is 2. The second-order valence-corrected chi connectivity index (χ2v) is 5.37. The van der Waals surface area contributed by atoms with Crippen LogP contribution in [-0.2, 0) is 6.42 Å². The van der Waals surface area contributed by atoms with Gasteiger partial charge < -0.3 is 10.1 Å². The number of unbranched alkanes of at least 4 members (excludes halogenated alkanes) is 1. The molecule has 17 heavy (non-hydrogen) atoms. The summed E-state index contributed by atoms with van der Waals surface area (Å²) in [7, 11) is 0. The van der Waals surface area contributed by atoms with Crippen LogP contribution in [0.2, 0.25) is 0 Å². The van der Waals surface area contributed by atoms with Crippen molar-refractivity contribution in [3.8, 4) is 5.75 Å². The van der Waals surface area contributed by atoms with Crippen molar-refractivity contribution in [1.82, 2.24) is 5.32 Å². The first-order valence-corrected chi connectivity index (χ1v) is 7.54. The van der Waals surface area contributed by atoms with E-state index in [-0.39, 0.29) is 11.9 Å². The third kappa shape index (κ3) is 3.81. The summed E-state index contributed by atoms with van der Waals surface area (Å²) in [6.45, 7) is 1.88. The molecule has 0 radical (unpaired) electrons. The maximum atomic E-state index is 13.0. The van der Waals surface area contributed by atoms with Gasteiger partial charge in [-0.05, 0) is 42.0 Å². The third-order valence-corrected chi connectivity index (χ3v) is 3.64. The number of nitrogens with one attached hydrogen (secondary N) is 1. The van der Waals surface area contributed by atoms with Gasteiger partial charge in [0.05, 0.1) is 0 Å². The molecule has 0 amide bonds. The van der Waals surface area contributed by atoms with Gasteiger partial charge in [0, 0.05) is 18.5 Å². The van der Waals surface area contributed by atoms with Crippen molar-refractivity contribution < 1.29 is 9.13 Å². The summed E-state index contributed by atoms with van der Waals surface area (Å²) in [5.41, 5.74) is 0.990. The van der Waals surface area contributed by atoms with Crippen LogP contribution in [0.4, 0.5) is 4.39 Å². The van der Waals surface area contributed by atoms with Crippen molar-refractivity contribution in [3.63, 3.8) is 0 Å². The zero-order valence-corrected chi connectivity index (χ0v) is 11.9. The lowest BCUT2D eigenvalue weighted by Gasteiger charge is -2.11. The van der Waals surface area contributed by atoms with Crippen LogP contribution in [0.1, 0.15) is 18.4 Å². The van der Waals surface area contributed by atoms with Gasteiger partial charge in [-0.25, -0.2) is 4.39 Å². The Morgan fingerprint density at radius 2 is 2.29 bits per heavy atom. The molecule has 1 aliphatic rings. The molecular formula is C13H17FINO. The van der Waals surface area contributed by atoms with Crippen LogP contribution < -0.4 is 10.1 Å². The largest absolute Gasteiger partial charge is 0.488 e. The fourth-order valence-corrected chi connectivity index (χ4v) is 2.55. The lowest BCUT2D eigenvalue weighted by molar-refractivity contribution is 0.227. The van der Waals surface area contributed by atoms with Gasteiger partial charge in [0.1, 0.15) is 17.7 Å². The summed E-state index contributed by atoms with van der Waals surface area (Å²) in [5, 5.41) is 3.39. The molecule has 0 fully saturated rings. The molecule has 0 aromatic heterocycles. The van der Waals surface area contributed by atoms with Crippen LogP contribution in [0.15, 0.2) is 18.2 Å². The monoisotopic (exact) mass is 349 g/mol. The molecule has 1 N–H and O–H groups in total. The Morgan fingerprint density at radius 3 is 3.12 bits per heavy atom. The van der Waals surface area contributed by atoms with Crippen LogP contribution in [0.5, 0.6) is 5.75 Å². The summed E-state index contributed by atoms with van der Waals surface area (Å²) in [6, 6.07) is 4.75. The van der Waals surface area contributed by atoms with E-state index in [1.165, 1.54) is 23.3 Å². The molecule has 0 saturated carbocycles. The minimum atomic E-state index is -0.178. The summed E-state index contributed by atoms with van der Waals surface area (Å²) < 4.78 is 20.0. The van der Waals surface area contributed by atoms with Gasteiger partial charge in [0.25, 0.3) is 0 Å². The highest BCUT2D eigenvalue weighted by atomic mass is 127. The molecule has 1 heterocycles. The number of fused-ring (bicyclic) bond motifs is 1. The molecule has 1 aromatic rings. The maximum Gasteiger partial charge on any atom is 0.123 e. The van der Waals surface area contributed by atoms with E-state index in [0.29, 0.717) is 0 Å². The Hall–Kier alpha value is -0.360. The van der Waals surface area contributed by atoms with Gasteiger partial charge in [0.2, 0.25) is 0 Å². The van der Waals surface area contributed by atoms with E-state index in [1.807, 2.05) is 0 Å². The van der Waals surface area contributed by atoms with E-state index in [2.05, 4.69) is 27.9 Å². The number of rotatable bonds is 6. The zero-order chi connectivity index (χ0) is 12.1. The lowest BCUT2D eigenvalue weighted by Crippen LogP contribution is -2.30. The second kappa shape index (κ2) is 6.54. The van der Waals surface area contributed by atoms with Crippen molar-refractivity contribution in [2.75, 3.05) is 17.5 Å². The van der Waals surface area contributed by atoms with Gasteiger partial charge in [-0.1, -0.05) is 22.6 Å². The van der Waals surface area contributed by atoms with Gasteiger partial charge in [0.15, 0.2) is 0 Å². The first-order valence-electron chi connectivity index (χ1n) is 6.01. The van der Waals surface area contributed by atoms with E-state index >= 15 is 0 Å². The van der Waals surface area contributed by atoms with Crippen molar-refractivity contribution in [2.45, 2.75) is 25.4 Å². The maximum absolute atomic E-state index is 13.0. The molecule has 2 nitrogen and oxygen atoms in total. The molecule has 0 bridgehead atoms. The Labute approximate surface area is 115 Å². The second-order valence-electron chi connectivity index (χ2n) is 4.30. The highest BCUT2D eigenvalue weighted by Crippen LogP contribution is 2.28. The van der Waals surface area contributed by atoms with Crippen LogP contribution in [-0.4, -0.2) is 23.6 Å². The smallest absolute Gasteiger partial charge is 0.123 e. The predicted molar refractivity (Wildman–Crippen MR) is 75.5 cm³/mol. The fourth-order valence-electron chi connectivity index (χ4n) is 2.01. The Morgan fingerprint density at radius 1 is 1.41 bits per heavy atom. The Kier molecular flexibility index (Phi) is 5.03. The Bertz CT molecular complexity index is 372. The molecule has 1 unspecified atom stereocenters. The number of hydrogen-bond donors (Lipinski definition) is 1. The van der Waals surface area contributed by atoms with Gasteiger partial charge in [-0.3, -0.25) is 0 Å². The molecule has 1 aliphatic heterocycles. The van der Waals surface area contributed by atoms with Crippen LogP contribution in [0.25, 0.3) is 0 Å². The van der Waals surface area contributed by atoms with Crippen LogP contribution in [0.3, 0.4) is 0 Å². The first kappa shape index (κ1) is 13.1. The normalized spacial score (nSPS) is 17.9. The van der Waals surface area contributed by atoms with Gasteiger partial charge in [-0.2, -0.15) is 0 Å². The predicted octanol–water partition coefficient (Wildman–Crippen LogP) is 2.93. The van der Waals surface area contributed by atoms with Gasteiger partial charge in [-0.15, -0.1) is 0 Å². The van der Waals surface area contributed by atoms with Gasteiger partial charge >= 0.3 is 0 Å². The molecule has 0 saturated heterocycles. The molecule has 1 aromatic carbocycles. The van der Waals surface area contributed by atoms with E-state index in [9.17, 15) is 4.39 Å². The molecule has 0 aliphatic carbocycles. The molecule has 2 rings (SSSR count). The summed E-state index contributed by atoms with van der Waals surface area (Å²) in [6.07, 6.45) is 3.43. The first-order chi connectivity index (χ1) is 8.29. The Balaban J connectivity index is 1.73. The fraction of sp³-hybridized carbons (Fsp3) is 0.538. The topological polar surface area (TPSA) is 21.3 Å². The molecule has 4 heteroatoms. The van der Waals surface area contributed by atoms with E-state index in [0.717, 1.165) is 30.8 Å². The standard InChI is InChI=1S/C13H17FINO/c14-11-3-4-13-10(7-11)8-12(17-13)9-16-6-2-1-5-15/h3-4,7,12,16H,1-2,5-6,8-9H2. The van der Waals surface area contributed by atoms with Crippen LogP contribution in [0, 0.1) is 5.82 Å². The minimum Gasteiger partial charge on any atom is -0.488 e. The highest BCUT2D eigenvalue weighted by molar-refractivity contribution is 14.1. The quantitative estimate of drug-likeness (QED) is 0.484. The summed E-state index contributed by atoms with van der Waals surface area (Å²) >= 11 is 2.39. The summed E-state index contributed by atoms with van der Waals surface area (Å²) in [5.74, 6) is 0.661. The number of hydrogen-bond acceptors (Lipinski definition) is 2. The molecule has 1 atom stereocenters. The van der Waals surface area contributed by atoms with E-state index in [4.69, 9.17) is 4.74 Å². The third-order valence-electron chi connectivity index (χ3n) is 2.87. The van der Waals surface area contributed by atoms with Crippen molar-refractivity contribution >= 4 is 22.6 Å². The van der Waals surface area contributed by atoms with E-state index < -0.39 is 0 Å². The number of ether oxygens (including phenoxy) is 1. The van der Waals surface area contributed by atoms with Crippen molar-refractivity contribution in [1.29, 1.82) is 0 Å².